The average Bonchev–Trinajstić information content (AvgIpc) is 3.48. The van der Waals surface area contributed by atoms with Crippen LogP contribution >= 0.6 is 12.6 Å². The molecule has 3 fully saturated rings. The molecule has 0 amide bonds. The molecule has 0 aliphatic carbocycles. The first kappa shape index (κ1) is 31.6. The predicted octanol–water partition coefficient (Wildman–Crippen LogP) is 7.44. The summed E-state index contributed by atoms with van der Waals surface area (Å²) in [5.74, 6) is 0.778. The first-order chi connectivity index (χ1) is 21.2. The molecule has 7 heteroatoms. The van der Waals surface area contributed by atoms with Crippen LogP contribution in [0.2, 0.25) is 0 Å². The highest BCUT2D eigenvalue weighted by Gasteiger charge is 2.34. The van der Waals surface area contributed by atoms with E-state index in [0.717, 1.165) is 67.6 Å². The number of ether oxygens (including phenoxy) is 3. The van der Waals surface area contributed by atoms with Gasteiger partial charge in [0.15, 0.2) is 0 Å². The van der Waals surface area contributed by atoms with E-state index in [4.69, 9.17) is 14.2 Å². The normalized spacial score (nSPS) is 27.9. The molecule has 0 aromatic heterocycles. The number of hydrogen-bond acceptors (Lipinski definition) is 6. The van der Waals surface area contributed by atoms with Gasteiger partial charge in [-0.15, -0.1) is 12.6 Å². The Hall–Kier alpha value is -2.42. The Morgan fingerprint density at radius 1 is 0.977 bits per heavy atom. The molecule has 6 atom stereocenters. The van der Waals surface area contributed by atoms with Crippen molar-refractivity contribution in [3.63, 3.8) is 0 Å². The topological polar surface area (TPSA) is 51.2 Å². The van der Waals surface area contributed by atoms with E-state index in [0.29, 0.717) is 31.1 Å². The summed E-state index contributed by atoms with van der Waals surface area (Å²) in [7, 11) is 0. The van der Waals surface area contributed by atoms with Gasteiger partial charge in [0.2, 0.25) is 0 Å². The summed E-state index contributed by atoms with van der Waals surface area (Å²) in [5, 5.41) is 10.3. The molecule has 3 aliphatic rings. The first-order valence-corrected chi connectivity index (χ1v) is 16.8. The molecule has 3 aromatic rings. The molecule has 1 unspecified atom stereocenters. The van der Waals surface area contributed by atoms with E-state index in [-0.39, 0.29) is 35.7 Å². The molecule has 3 heterocycles. The van der Waals surface area contributed by atoms with Crippen molar-refractivity contribution in [2.75, 3.05) is 19.7 Å². The van der Waals surface area contributed by atoms with Crippen LogP contribution in [0.3, 0.4) is 0 Å². The smallest absolute Gasteiger partial charge is 0.129 e. The third kappa shape index (κ3) is 7.34. The number of aliphatic hydroxyl groups excluding tert-OH is 1. The highest BCUT2D eigenvalue weighted by Crippen LogP contribution is 2.36. The van der Waals surface area contributed by atoms with E-state index in [9.17, 15) is 9.50 Å². The van der Waals surface area contributed by atoms with Crippen LogP contribution < -0.4 is 4.74 Å². The number of benzene rings is 3. The lowest BCUT2D eigenvalue weighted by molar-refractivity contribution is -0.0598. The first-order valence-electron chi connectivity index (χ1n) is 16.3. The second kappa shape index (κ2) is 13.9. The molecular formula is C37H46FNO4S. The number of halogens is 1. The summed E-state index contributed by atoms with van der Waals surface area (Å²) in [5.41, 5.74) is 7.66. The van der Waals surface area contributed by atoms with Gasteiger partial charge in [-0.2, -0.15) is 0 Å². The quantitative estimate of drug-likeness (QED) is 0.257. The zero-order chi connectivity index (χ0) is 30.8. The lowest BCUT2D eigenvalue weighted by atomic mass is 9.92. The van der Waals surface area contributed by atoms with Crippen molar-refractivity contribution in [2.45, 2.75) is 102 Å². The number of rotatable bonds is 8. The van der Waals surface area contributed by atoms with Crippen LogP contribution in [0.1, 0.15) is 90.2 Å². The van der Waals surface area contributed by atoms with Crippen molar-refractivity contribution in [3.8, 4) is 5.75 Å². The minimum atomic E-state index is -0.383. The molecule has 3 saturated heterocycles. The maximum Gasteiger partial charge on any atom is 0.129 e. The van der Waals surface area contributed by atoms with Gasteiger partial charge < -0.3 is 19.3 Å². The minimum absolute atomic E-state index is 0.132. The fourth-order valence-corrected chi connectivity index (χ4v) is 7.55. The predicted molar refractivity (Wildman–Crippen MR) is 175 cm³/mol. The number of aryl methyl sites for hydroxylation is 3. The Labute approximate surface area is 267 Å². The van der Waals surface area contributed by atoms with Gasteiger partial charge in [0.05, 0.1) is 24.9 Å². The van der Waals surface area contributed by atoms with Gasteiger partial charge in [-0.25, -0.2) is 4.39 Å². The van der Waals surface area contributed by atoms with E-state index < -0.39 is 0 Å². The molecule has 236 valence electrons. The summed E-state index contributed by atoms with van der Waals surface area (Å²) < 4.78 is 33.2. The van der Waals surface area contributed by atoms with Crippen LogP contribution in [0.15, 0.2) is 54.6 Å². The summed E-state index contributed by atoms with van der Waals surface area (Å²) in [6.45, 7) is 8.82. The third-order valence-corrected chi connectivity index (χ3v) is 9.97. The zero-order valence-corrected chi connectivity index (χ0v) is 27.1. The molecule has 6 rings (SSSR count). The fourth-order valence-electron chi connectivity index (χ4n) is 7.16. The van der Waals surface area contributed by atoms with Crippen molar-refractivity contribution in [2.24, 2.45) is 0 Å². The lowest BCUT2D eigenvalue weighted by Gasteiger charge is -2.35. The third-order valence-electron chi connectivity index (χ3n) is 9.63. The van der Waals surface area contributed by atoms with Crippen LogP contribution in [-0.2, 0) is 22.3 Å². The minimum Gasteiger partial charge on any atom is -0.489 e. The standard InChI is InChI=1S/C37H46FNO4S/c1-4-26-7-8-27(36-19-30(40)20-37(44)43-36)18-28(26)17-25-6-11-34(24(3)16-25)42-31-13-14-39(21-31)29-9-12-35(41-22-29)32-15-23(2)5-10-33(32)38/h5-8,10-11,15-16,18,29-31,35-37,40,44H,4,9,12-14,17,19-22H2,1-3H3/t29-,30+,31+,35-,36?,37+/m0/s1. The van der Waals surface area contributed by atoms with Gasteiger partial charge in [-0.1, -0.05) is 55.0 Å². The second-order valence-electron chi connectivity index (χ2n) is 13.0. The van der Waals surface area contributed by atoms with Gasteiger partial charge in [0, 0.05) is 37.5 Å². The number of likely N-dealkylation sites (tertiary alicyclic amines) is 1. The summed E-state index contributed by atoms with van der Waals surface area (Å²) in [6.07, 6.45) is 5.28. The summed E-state index contributed by atoms with van der Waals surface area (Å²) in [4.78, 5) is 2.49. The van der Waals surface area contributed by atoms with E-state index in [1.54, 1.807) is 6.07 Å². The van der Waals surface area contributed by atoms with E-state index in [2.05, 4.69) is 67.8 Å². The Bertz CT molecular complexity index is 1430. The maximum atomic E-state index is 14.4. The molecule has 0 radical (unpaired) electrons. The molecule has 0 spiro atoms. The van der Waals surface area contributed by atoms with Crippen LogP contribution in [0, 0.1) is 19.7 Å². The Kier molecular flexibility index (Phi) is 9.98. The van der Waals surface area contributed by atoms with Crippen LogP contribution in [-0.4, -0.2) is 53.4 Å². The SMILES string of the molecule is CCc1ccc(C2C[C@@H](O)C[C@@H](S)O2)cc1Cc1ccc(O[C@@H]2CCN([C@H]3CC[C@@H](c4cc(C)ccc4F)OC3)C2)c(C)c1. The zero-order valence-electron chi connectivity index (χ0n) is 26.2. The molecule has 0 saturated carbocycles. The van der Waals surface area contributed by atoms with Crippen molar-refractivity contribution >= 4 is 12.6 Å². The number of thiol groups is 1. The summed E-state index contributed by atoms with van der Waals surface area (Å²) in [6, 6.07) is 18.8. The summed E-state index contributed by atoms with van der Waals surface area (Å²) >= 11 is 4.48. The molecule has 1 N–H and O–H groups in total. The Morgan fingerprint density at radius 3 is 2.59 bits per heavy atom. The van der Waals surface area contributed by atoms with E-state index in [1.807, 2.05) is 19.1 Å². The van der Waals surface area contributed by atoms with Crippen LogP contribution in [0.4, 0.5) is 4.39 Å². The van der Waals surface area contributed by atoms with Crippen molar-refractivity contribution < 1.29 is 23.7 Å². The number of nitrogens with zero attached hydrogens (tertiary/aromatic N) is 1. The van der Waals surface area contributed by atoms with Crippen molar-refractivity contribution in [3.05, 3.63) is 99.4 Å². The molecule has 3 aromatic carbocycles. The molecule has 44 heavy (non-hydrogen) atoms. The van der Waals surface area contributed by atoms with E-state index in [1.165, 1.54) is 16.7 Å². The molecular weight excluding hydrogens is 573 g/mol. The van der Waals surface area contributed by atoms with Crippen molar-refractivity contribution in [1.29, 1.82) is 0 Å². The Balaban J connectivity index is 1.04. The van der Waals surface area contributed by atoms with E-state index >= 15 is 0 Å². The van der Waals surface area contributed by atoms with Crippen LogP contribution in [0.25, 0.3) is 0 Å². The number of hydrogen-bond donors (Lipinski definition) is 2. The average molecular weight is 620 g/mol. The largest absolute Gasteiger partial charge is 0.489 e. The second-order valence-corrected chi connectivity index (χ2v) is 13.5. The molecule has 5 nitrogen and oxygen atoms in total. The highest BCUT2D eigenvalue weighted by atomic mass is 32.1. The van der Waals surface area contributed by atoms with Gasteiger partial charge in [-0.05, 0) is 85.9 Å². The van der Waals surface area contributed by atoms with Gasteiger partial charge >= 0.3 is 0 Å². The lowest BCUT2D eigenvalue weighted by Crippen LogP contribution is -2.41. The monoisotopic (exact) mass is 619 g/mol. The van der Waals surface area contributed by atoms with Gasteiger partial charge in [-0.3, -0.25) is 4.90 Å². The van der Waals surface area contributed by atoms with Crippen molar-refractivity contribution in [1.82, 2.24) is 4.90 Å². The maximum absolute atomic E-state index is 14.4. The highest BCUT2D eigenvalue weighted by molar-refractivity contribution is 7.80. The Morgan fingerprint density at radius 2 is 1.84 bits per heavy atom. The number of aliphatic hydroxyl groups is 1. The molecule has 0 bridgehead atoms. The fraction of sp³-hybridized carbons (Fsp3) is 0.514. The molecule has 3 aliphatic heterocycles. The van der Waals surface area contributed by atoms with Crippen LogP contribution in [0.5, 0.6) is 5.75 Å². The van der Waals surface area contributed by atoms with Gasteiger partial charge in [0.1, 0.15) is 23.1 Å². The van der Waals surface area contributed by atoms with Gasteiger partial charge in [0.25, 0.3) is 0 Å².